The maximum absolute atomic E-state index is 12.8. The van der Waals surface area contributed by atoms with Gasteiger partial charge in [-0.2, -0.15) is 8.42 Å². The van der Waals surface area contributed by atoms with Crippen LogP contribution in [-0.2, 0) is 39.4 Å². The highest BCUT2D eigenvalue weighted by Gasteiger charge is 2.55. The molecule has 2 heterocycles. The van der Waals surface area contributed by atoms with Crippen molar-refractivity contribution in [1.29, 1.82) is 0 Å². The largest absolute Gasteiger partial charge is 0.478 e. The molecule has 1 aliphatic heterocycles. The summed E-state index contributed by atoms with van der Waals surface area (Å²) in [5.74, 6) is -4.76. The molecule has 1 saturated heterocycles. The molecule has 0 aromatic carbocycles. The molecule has 1 aromatic rings. The Labute approximate surface area is 186 Å². The molecule has 2 amide bonds. The van der Waals surface area contributed by atoms with Crippen LogP contribution in [0.3, 0.4) is 0 Å². The number of nitrogens with two attached hydrogens (primary N) is 1. The zero-order valence-electron chi connectivity index (χ0n) is 16.7. The first kappa shape index (κ1) is 25.4. The molecule has 2 atom stereocenters. The highest BCUT2D eigenvalue weighted by molar-refractivity contribution is 7.90. The van der Waals surface area contributed by atoms with Crippen LogP contribution in [-0.4, -0.2) is 89.0 Å². The van der Waals surface area contributed by atoms with Crippen molar-refractivity contribution in [3.8, 4) is 0 Å². The molecule has 1 fully saturated rings. The smallest absolute Gasteiger partial charge is 0.362 e. The number of nitrogens with zero attached hydrogens (tertiary/aromatic N) is 3. The molecule has 0 radical (unpaired) electrons. The number of hydrogen-bond acceptors (Lipinski definition) is 12. The lowest BCUT2D eigenvalue weighted by Crippen LogP contribution is -2.74. The van der Waals surface area contributed by atoms with Crippen molar-refractivity contribution in [1.82, 2.24) is 14.6 Å². The zero-order valence-corrected chi connectivity index (χ0v) is 19.2. The molecular weight excluding hydrogens is 494 g/mol. The minimum absolute atomic E-state index is 0.0187. The number of carbonyl (C=O) groups excluding carboxylic acids is 2. The Morgan fingerprint density at radius 3 is 2.41 bits per heavy atom. The number of carboxylic acids is 1. The third kappa shape index (κ3) is 5.69. The summed E-state index contributed by atoms with van der Waals surface area (Å²) in [6.07, 6.45) is 0.767. The Morgan fingerprint density at radius 1 is 1.38 bits per heavy atom. The fraction of sp³-hybridized carbons (Fsp3) is 0.500. The Morgan fingerprint density at radius 2 is 1.97 bits per heavy atom. The first-order valence-corrected chi connectivity index (χ1v) is 12.8. The summed E-state index contributed by atoms with van der Waals surface area (Å²) in [6, 6.07) is -3.29. The molecule has 1 aromatic heterocycles. The van der Waals surface area contributed by atoms with E-state index in [2.05, 4.69) is 15.5 Å². The lowest BCUT2D eigenvalue weighted by Gasteiger charge is -2.43. The second-order valence-electron chi connectivity index (χ2n) is 7.14. The van der Waals surface area contributed by atoms with Crippen molar-refractivity contribution < 1.29 is 45.7 Å². The minimum Gasteiger partial charge on any atom is -0.478 e. The van der Waals surface area contributed by atoms with E-state index in [4.69, 9.17) is 15.7 Å². The summed E-state index contributed by atoms with van der Waals surface area (Å²) >= 11 is 0.908. The molecule has 1 aliphatic rings. The van der Waals surface area contributed by atoms with Crippen LogP contribution in [0, 0.1) is 0 Å². The van der Waals surface area contributed by atoms with Crippen molar-refractivity contribution in [2.24, 2.45) is 5.16 Å². The maximum Gasteiger partial charge on any atom is 0.362 e. The Hall–Kier alpha value is -2.83. The number of aromatic nitrogens is 1. The van der Waals surface area contributed by atoms with Gasteiger partial charge in [-0.05, 0) is 13.8 Å². The third-order valence-corrected chi connectivity index (χ3v) is 6.61. The summed E-state index contributed by atoms with van der Waals surface area (Å²) < 4.78 is 55.2. The number of thiazole rings is 1. The molecule has 0 saturated carbocycles. The summed E-state index contributed by atoms with van der Waals surface area (Å²) in [6.45, 7) is 2.29. The number of nitrogen functional groups attached to an aromatic ring is 1. The van der Waals surface area contributed by atoms with E-state index in [0.717, 1.165) is 31.4 Å². The summed E-state index contributed by atoms with van der Waals surface area (Å²) in [4.78, 5) is 44.9. The van der Waals surface area contributed by atoms with Gasteiger partial charge in [0.2, 0.25) is 5.60 Å². The molecule has 2 unspecified atom stereocenters. The van der Waals surface area contributed by atoms with Crippen molar-refractivity contribution >= 4 is 60.1 Å². The number of aliphatic carboxylic acids is 1. The predicted molar refractivity (Wildman–Crippen MR) is 110 cm³/mol. The normalized spacial score (nSPS) is 19.9. The Balaban J connectivity index is 2.37. The minimum atomic E-state index is -5.09. The van der Waals surface area contributed by atoms with Gasteiger partial charge in [0.15, 0.2) is 10.8 Å². The van der Waals surface area contributed by atoms with Gasteiger partial charge in [0.25, 0.3) is 11.8 Å². The van der Waals surface area contributed by atoms with Crippen molar-refractivity contribution in [3.63, 3.8) is 0 Å². The number of nitrogens with one attached hydrogen (secondary N) is 1. The number of sulfone groups is 1. The molecule has 15 nitrogen and oxygen atoms in total. The van der Waals surface area contributed by atoms with Crippen LogP contribution in [0.15, 0.2) is 10.5 Å². The summed E-state index contributed by atoms with van der Waals surface area (Å²) in [5.41, 5.74) is 2.91. The van der Waals surface area contributed by atoms with Crippen LogP contribution < -0.4 is 11.1 Å². The number of anilines is 1. The average molecular weight is 514 g/mol. The van der Waals surface area contributed by atoms with Gasteiger partial charge in [-0.15, -0.1) is 11.3 Å². The zero-order chi connectivity index (χ0) is 24.6. The Kier molecular flexibility index (Phi) is 6.84. The molecule has 2 rings (SSSR count). The number of carbonyl (C=O) groups is 3. The van der Waals surface area contributed by atoms with Crippen molar-refractivity contribution in [2.45, 2.75) is 31.5 Å². The number of oxime groups is 1. The summed E-state index contributed by atoms with van der Waals surface area (Å²) in [5, 5.41) is 16.0. The van der Waals surface area contributed by atoms with Gasteiger partial charge < -0.3 is 21.0 Å². The van der Waals surface area contributed by atoms with E-state index in [1.165, 1.54) is 5.38 Å². The second kappa shape index (κ2) is 8.60. The monoisotopic (exact) mass is 513 g/mol. The fourth-order valence-corrected chi connectivity index (χ4v) is 4.93. The standard InChI is InChI=1S/C14H19N5O10S3/c1-14(2,12(22)23)29-18-8(6-4-30-13(15)16-6)10(20)17-9-7(5-31(3,24)25)19(11(9)21)32(26,27)28/h4,7,9H,5H2,1-3H3,(H2,15,16)(H,17,20)(H,22,23)(H,26,27,28)/b18-8-. The molecule has 0 aliphatic carbocycles. The predicted octanol–water partition coefficient (Wildman–Crippen LogP) is -2.15. The topological polar surface area (TPSA) is 236 Å². The van der Waals surface area contributed by atoms with E-state index < -0.39 is 67.1 Å². The first-order chi connectivity index (χ1) is 14.4. The van der Waals surface area contributed by atoms with Crippen molar-refractivity contribution in [2.75, 3.05) is 17.7 Å². The number of rotatable bonds is 9. The fourth-order valence-electron chi connectivity index (χ4n) is 2.44. The third-order valence-electron chi connectivity index (χ3n) is 4.04. The molecular formula is C14H19N5O10S3. The number of carboxylic acid groups (broad SMARTS) is 1. The quantitative estimate of drug-likeness (QED) is 0.120. The molecule has 5 N–H and O–H groups in total. The van der Waals surface area contributed by atoms with Gasteiger partial charge in [-0.1, -0.05) is 5.16 Å². The number of β-lactam (4-membered cyclic amide) rings is 1. The molecule has 18 heteroatoms. The van der Waals surface area contributed by atoms with Crippen LogP contribution in [0.25, 0.3) is 0 Å². The highest BCUT2D eigenvalue weighted by Crippen LogP contribution is 2.25. The molecule has 0 bridgehead atoms. The number of amides is 2. The van der Waals surface area contributed by atoms with Crippen LogP contribution in [0.2, 0.25) is 0 Å². The highest BCUT2D eigenvalue weighted by atomic mass is 32.2. The Bertz CT molecular complexity index is 1190. The van der Waals surface area contributed by atoms with Gasteiger partial charge in [0.05, 0.1) is 11.8 Å². The van der Waals surface area contributed by atoms with Gasteiger partial charge in [-0.3, -0.25) is 14.1 Å². The lowest BCUT2D eigenvalue weighted by atomic mass is 10.0. The number of hydrogen-bond donors (Lipinski definition) is 4. The molecule has 32 heavy (non-hydrogen) atoms. The van der Waals surface area contributed by atoms with Gasteiger partial charge in [-0.25, -0.2) is 22.5 Å². The SMILES string of the molecule is CC(C)(O/N=C(\C(=O)NC1C(=O)N(S(=O)(=O)O)C1CS(C)(=O)=O)c1csc(N)n1)C(=O)O. The van der Waals surface area contributed by atoms with Crippen LogP contribution in [0.4, 0.5) is 5.13 Å². The maximum atomic E-state index is 12.8. The van der Waals surface area contributed by atoms with Gasteiger partial charge >= 0.3 is 16.3 Å². The second-order valence-corrected chi connectivity index (χ2v) is 11.5. The van der Waals surface area contributed by atoms with E-state index in [0.29, 0.717) is 0 Å². The van der Waals surface area contributed by atoms with E-state index >= 15 is 0 Å². The van der Waals surface area contributed by atoms with Gasteiger partial charge in [0, 0.05) is 11.6 Å². The van der Waals surface area contributed by atoms with E-state index in [1.807, 2.05) is 0 Å². The average Bonchev–Trinajstić information content (AvgIpc) is 3.03. The molecule has 178 valence electrons. The van der Waals surface area contributed by atoms with Crippen LogP contribution in [0.5, 0.6) is 0 Å². The molecule has 0 spiro atoms. The lowest BCUT2D eigenvalue weighted by molar-refractivity contribution is -0.161. The van der Waals surface area contributed by atoms with E-state index in [1.54, 1.807) is 0 Å². The van der Waals surface area contributed by atoms with E-state index in [9.17, 15) is 35.8 Å². The summed E-state index contributed by atoms with van der Waals surface area (Å²) in [7, 11) is -8.94. The van der Waals surface area contributed by atoms with Gasteiger partial charge in [0.1, 0.15) is 21.6 Å². The van der Waals surface area contributed by atoms with Crippen LogP contribution >= 0.6 is 11.3 Å². The van der Waals surface area contributed by atoms with E-state index in [-0.39, 0.29) is 15.1 Å². The first-order valence-electron chi connectivity index (χ1n) is 8.44. The van der Waals surface area contributed by atoms with Crippen LogP contribution in [0.1, 0.15) is 19.5 Å². The van der Waals surface area contributed by atoms with Crippen molar-refractivity contribution in [3.05, 3.63) is 11.1 Å².